The summed E-state index contributed by atoms with van der Waals surface area (Å²) in [4.78, 5) is 12.0. The number of carbonyl (C=O) groups excluding carboxylic acids is 1. The summed E-state index contributed by atoms with van der Waals surface area (Å²) in [6.45, 7) is 1.69. The zero-order chi connectivity index (χ0) is 14.7. The van der Waals surface area contributed by atoms with Gasteiger partial charge in [0.2, 0.25) is 0 Å². The largest absolute Gasteiger partial charge is 0.481 e. The van der Waals surface area contributed by atoms with Gasteiger partial charge in [0.1, 0.15) is 12.0 Å². The van der Waals surface area contributed by atoms with Crippen molar-refractivity contribution in [1.82, 2.24) is 5.16 Å². The highest BCUT2D eigenvalue weighted by atomic mass is 16.5. The van der Waals surface area contributed by atoms with Gasteiger partial charge in [-0.25, -0.2) is 0 Å². The Labute approximate surface area is 121 Å². The second-order valence-electron chi connectivity index (χ2n) is 4.64. The Morgan fingerprint density at radius 1 is 1.19 bits per heavy atom. The zero-order valence-electron chi connectivity index (χ0n) is 11.4. The molecule has 2 aromatic carbocycles. The van der Waals surface area contributed by atoms with Crippen molar-refractivity contribution >= 4 is 22.5 Å². The minimum atomic E-state index is -0.636. The van der Waals surface area contributed by atoms with Crippen LogP contribution in [0, 0.1) is 0 Å². The third kappa shape index (κ3) is 3.02. The van der Waals surface area contributed by atoms with Crippen LogP contribution in [0.3, 0.4) is 0 Å². The van der Waals surface area contributed by atoms with Crippen molar-refractivity contribution in [3.05, 3.63) is 54.8 Å². The Bertz CT molecular complexity index is 753. The number of rotatable bonds is 4. The molecule has 0 fully saturated rings. The molecule has 1 heterocycles. The smallest absolute Gasteiger partial charge is 0.266 e. The van der Waals surface area contributed by atoms with Crippen molar-refractivity contribution in [2.75, 3.05) is 5.32 Å². The molecule has 0 radical (unpaired) electrons. The minimum absolute atomic E-state index is 0.281. The summed E-state index contributed by atoms with van der Waals surface area (Å²) in [6, 6.07) is 15.3. The molecule has 3 rings (SSSR count). The monoisotopic (exact) mass is 282 g/mol. The lowest BCUT2D eigenvalue weighted by atomic mass is 10.1. The number of nitrogens with zero attached hydrogens (tertiary/aromatic N) is 1. The van der Waals surface area contributed by atoms with Crippen LogP contribution in [-0.2, 0) is 4.79 Å². The second kappa shape index (κ2) is 5.66. The minimum Gasteiger partial charge on any atom is -0.481 e. The molecule has 0 aliphatic rings. The van der Waals surface area contributed by atoms with Gasteiger partial charge < -0.3 is 14.6 Å². The van der Waals surface area contributed by atoms with Gasteiger partial charge in [-0.1, -0.05) is 35.5 Å². The van der Waals surface area contributed by atoms with E-state index in [-0.39, 0.29) is 5.91 Å². The maximum Gasteiger partial charge on any atom is 0.266 e. The number of amides is 1. The number of ether oxygens (including phenoxy) is 1. The molecule has 1 amide bonds. The van der Waals surface area contributed by atoms with Crippen LogP contribution in [0.1, 0.15) is 6.92 Å². The maximum atomic E-state index is 12.0. The molecule has 1 atom stereocenters. The molecule has 5 nitrogen and oxygen atoms in total. The molecule has 1 aromatic heterocycles. The van der Waals surface area contributed by atoms with Crippen molar-refractivity contribution in [1.29, 1.82) is 0 Å². The van der Waals surface area contributed by atoms with E-state index in [9.17, 15) is 4.79 Å². The van der Waals surface area contributed by atoms with Crippen LogP contribution >= 0.6 is 0 Å². The van der Waals surface area contributed by atoms with Gasteiger partial charge in [0.25, 0.3) is 5.91 Å². The fourth-order valence-electron chi connectivity index (χ4n) is 2.00. The van der Waals surface area contributed by atoms with Crippen molar-refractivity contribution in [2.45, 2.75) is 13.0 Å². The average molecular weight is 282 g/mol. The van der Waals surface area contributed by atoms with E-state index in [0.29, 0.717) is 11.6 Å². The first-order valence-corrected chi connectivity index (χ1v) is 6.59. The van der Waals surface area contributed by atoms with Crippen LogP contribution in [0.15, 0.2) is 59.3 Å². The third-order valence-corrected chi connectivity index (χ3v) is 3.09. The van der Waals surface area contributed by atoms with Gasteiger partial charge in [0, 0.05) is 6.07 Å². The quantitative estimate of drug-likeness (QED) is 0.798. The number of carbonyl (C=O) groups is 1. The van der Waals surface area contributed by atoms with Crippen LogP contribution in [0.5, 0.6) is 5.75 Å². The summed E-state index contributed by atoms with van der Waals surface area (Å²) >= 11 is 0. The molecule has 106 valence electrons. The molecule has 0 spiro atoms. The van der Waals surface area contributed by atoms with Gasteiger partial charge in [-0.15, -0.1) is 0 Å². The molecule has 0 bridgehead atoms. The lowest BCUT2D eigenvalue weighted by Gasteiger charge is -2.14. The summed E-state index contributed by atoms with van der Waals surface area (Å²) in [5, 5.41) is 8.43. The lowest BCUT2D eigenvalue weighted by molar-refractivity contribution is -0.122. The van der Waals surface area contributed by atoms with Crippen LogP contribution < -0.4 is 10.1 Å². The van der Waals surface area contributed by atoms with Crippen LogP contribution in [0.2, 0.25) is 0 Å². The highest BCUT2D eigenvalue weighted by Crippen LogP contribution is 2.21. The first-order chi connectivity index (χ1) is 10.2. The normalized spacial score (nSPS) is 12.0. The predicted molar refractivity (Wildman–Crippen MR) is 79.2 cm³/mol. The van der Waals surface area contributed by atoms with Crippen LogP contribution in [0.4, 0.5) is 5.82 Å². The van der Waals surface area contributed by atoms with Crippen molar-refractivity contribution in [2.24, 2.45) is 0 Å². The Morgan fingerprint density at radius 2 is 2.00 bits per heavy atom. The Hall–Kier alpha value is -2.82. The lowest BCUT2D eigenvalue weighted by Crippen LogP contribution is -2.30. The molecule has 0 saturated heterocycles. The number of nitrogens with one attached hydrogen (secondary N) is 1. The molecule has 0 aliphatic carbocycles. The van der Waals surface area contributed by atoms with Crippen LogP contribution in [0.25, 0.3) is 10.8 Å². The molecule has 0 saturated carbocycles. The van der Waals surface area contributed by atoms with Crippen LogP contribution in [-0.4, -0.2) is 17.2 Å². The van der Waals surface area contributed by atoms with E-state index in [2.05, 4.69) is 15.0 Å². The predicted octanol–water partition coefficient (Wildman–Crippen LogP) is 3.23. The summed E-state index contributed by atoms with van der Waals surface area (Å²) < 4.78 is 10.3. The average Bonchev–Trinajstić information content (AvgIpc) is 3.00. The van der Waals surface area contributed by atoms with Gasteiger partial charge in [-0.05, 0) is 29.8 Å². The third-order valence-electron chi connectivity index (χ3n) is 3.09. The Kier molecular flexibility index (Phi) is 3.55. The summed E-state index contributed by atoms with van der Waals surface area (Å²) in [5.41, 5.74) is 0. The molecule has 0 aliphatic heterocycles. The molecule has 3 aromatic rings. The number of anilines is 1. The number of hydrogen-bond donors (Lipinski definition) is 1. The SMILES string of the molecule is C[C@@H](Oc1ccc2ccccc2c1)C(=O)Nc1ccon1. The Balaban J connectivity index is 1.70. The number of hydrogen-bond acceptors (Lipinski definition) is 4. The van der Waals surface area contributed by atoms with E-state index in [4.69, 9.17) is 4.74 Å². The van der Waals surface area contributed by atoms with Gasteiger partial charge >= 0.3 is 0 Å². The second-order valence-corrected chi connectivity index (χ2v) is 4.64. The van der Waals surface area contributed by atoms with E-state index >= 15 is 0 Å². The van der Waals surface area contributed by atoms with E-state index in [1.54, 1.807) is 13.0 Å². The van der Waals surface area contributed by atoms with Crippen molar-refractivity contribution < 1.29 is 14.1 Å². The first-order valence-electron chi connectivity index (χ1n) is 6.59. The van der Waals surface area contributed by atoms with Gasteiger partial charge in [-0.3, -0.25) is 4.79 Å². The molecule has 5 heteroatoms. The number of benzene rings is 2. The highest BCUT2D eigenvalue weighted by Gasteiger charge is 2.16. The molecular weight excluding hydrogens is 268 g/mol. The summed E-state index contributed by atoms with van der Waals surface area (Å²) in [7, 11) is 0. The standard InChI is InChI=1S/C16H14N2O3/c1-11(16(19)17-15-8-9-20-18-15)21-14-7-6-12-4-2-3-5-13(12)10-14/h2-11H,1H3,(H,17,18,19)/t11-/m1/s1. The fraction of sp³-hybridized carbons (Fsp3) is 0.125. The van der Waals surface area contributed by atoms with Gasteiger partial charge in [-0.2, -0.15) is 0 Å². The summed E-state index contributed by atoms with van der Waals surface area (Å²) in [6.07, 6.45) is 0.757. The summed E-state index contributed by atoms with van der Waals surface area (Å²) in [5.74, 6) is 0.738. The molecule has 0 unspecified atom stereocenters. The molecule has 1 N–H and O–H groups in total. The topological polar surface area (TPSA) is 64.4 Å². The van der Waals surface area contributed by atoms with Crippen molar-refractivity contribution in [3.63, 3.8) is 0 Å². The Morgan fingerprint density at radius 3 is 2.76 bits per heavy atom. The maximum absolute atomic E-state index is 12.0. The van der Waals surface area contributed by atoms with Gasteiger partial charge in [0.15, 0.2) is 11.9 Å². The van der Waals surface area contributed by atoms with Gasteiger partial charge in [0.05, 0.1) is 0 Å². The van der Waals surface area contributed by atoms with E-state index in [0.717, 1.165) is 10.8 Å². The van der Waals surface area contributed by atoms with Crippen molar-refractivity contribution in [3.8, 4) is 5.75 Å². The number of fused-ring (bicyclic) bond motifs is 1. The molecular formula is C16H14N2O3. The number of aromatic nitrogens is 1. The zero-order valence-corrected chi connectivity index (χ0v) is 11.4. The first kappa shape index (κ1) is 13.2. The molecule has 21 heavy (non-hydrogen) atoms. The van der Waals surface area contributed by atoms with E-state index < -0.39 is 6.10 Å². The van der Waals surface area contributed by atoms with E-state index in [1.807, 2.05) is 42.5 Å². The highest BCUT2D eigenvalue weighted by molar-refractivity contribution is 5.93. The van der Waals surface area contributed by atoms with E-state index in [1.165, 1.54) is 6.26 Å². The fourth-order valence-corrected chi connectivity index (χ4v) is 2.00.